The second-order valence-corrected chi connectivity index (χ2v) is 7.61. The number of morpholine rings is 1. The minimum absolute atomic E-state index is 0. The highest BCUT2D eigenvalue weighted by Gasteiger charge is 2.22. The van der Waals surface area contributed by atoms with Crippen molar-refractivity contribution in [3.63, 3.8) is 0 Å². The monoisotopic (exact) mass is 506 g/mol. The first-order chi connectivity index (χ1) is 14.1. The molecule has 0 saturated carbocycles. The summed E-state index contributed by atoms with van der Waals surface area (Å²) in [5, 5.41) is 3.41. The van der Waals surface area contributed by atoms with Gasteiger partial charge in [-0.25, -0.2) is 0 Å². The Morgan fingerprint density at radius 2 is 1.83 bits per heavy atom. The first-order valence-corrected chi connectivity index (χ1v) is 10.3. The number of hydrogen-bond donors (Lipinski definition) is 1. The number of halogens is 4. The molecule has 0 spiro atoms. The van der Waals surface area contributed by atoms with E-state index in [1.807, 2.05) is 12.1 Å². The van der Waals surface area contributed by atoms with E-state index in [0.29, 0.717) is 31.9 Å². The maximum Gasteiger partial charge on any atom is 0.387 e. The summed E-state index contributed by atoms with van der Waals surface area (Å²) < 4.78 is 41.6. The molecule has 1 aliphatic rings. The normalized spacial score (nSPS) is 15.5. The Bertz CT molecular complexity index is 777. The van der Waals surface area contributed by atoms with Gasteiger partial charge in [0.1, 0.15) is 11.5 Å². The molecule has 9 heteroatoms. The maximum atomic E-state index is 12.7. The summed E-state index contributed by atoms with van der Waals surface area (Å²) in [7, 11) is 1.65. The van der Waals surface area contributed by atoms with Gasteiger partial charge in [-0.15, -0.1) is 12.4 Å². The molecule has 2 aromatic carbocycles. The van der Waals surface area contributed by atoms with Gasteiger partial charge in [0.05, 0.1) is 20.3 Å². The average molecular weight is 508 g/mol. The van der Waals surface area contributed by atoms with Crippen molar-refractivity contribution in [3.8, 4) is 11.5 Å². The number of hydrogen-bond acceptors (Lipinski definition) is 5. The van der Waals surface area contributed by atoms with E-state index in [1.54, 1.807) is 25.3 Å². The van der Waals surface area contributed by atoms with Crippen molar-refractivity contribution < 1.29 is 23.0 Å². The summed E-state index contributed by atoms with van der Waals surface area (Å²) in [6.45, 7) is 1.31. The van der Waals surface area contributed by atoms with Crippen molar-refractivity contribution in [1.29, 1.82) is 0 Å². The zero-order valence-corrected chi connectivity index (χ0v) is 19.1. The van der Waals surface area contributed by atoms with Gasteiger partial charge < -0.3 is 19.5 Å². The van der Waals surface area contributed by atoms with E-state index in [2.05, 4.69) is 43.0 Å². The Kier molecular flexibility index (Phi) is 10.3. The van der Waals surface area contributed by atoms with Gasteiger partial charge in [-0.1, -0.05) is 28.1 Å². The lowest BCUT2D eigenvalue weighted by Gasteiger charge is -2.35. The van der Waals surface area contributed by atoms with Crippen molar-refractivity contribution in [2.24, 2.45) is 0 Å². The van der Waals surface area contributed by atoms with Crippen LogP contribution in [0.4, 0.5) is 8.78 Å². The van der Waals surface area contributed by atoms with Crippen LogP contribution in [0.25, 0.3) is 0 Å². The van der Waals surface area contributed by atoms with Gasteiger partial charge in [-0.3, -0.25) is 4.90 Å². The smallest absolute Gasteiger partial charge is 0.387 e. The van der Waals surface area contributed by atoms with Gasteiger partial charge in [0, 0.05) is 42.3 Å². The first-order valence-electron chi connectivity index (χ1n) is 9.46. The van der Waals surface area contributed by atoms with Gasteiger partial charge >= 0.3 is 6.61 Å². The zero-order valence-electron chi connectivity index (χ0n) is 16.7. The van der Waals surface area contributed by atoms with E-state index in [-0.39, 0.29) is 24.2 Å². The minimum Gasteiger partial charge on any atom is -0.497 e. The molecular weight excluding hydrogens is 482 g/mol. The number of nitrogens with zero attached hydrogens (tertiary/aromatic N) is 1. The Hall–Kier alpha value is -1.45. The van der Waals surface area contributed by atoms with E-state index >= 15 is 0 Å². The minimum atomic E-state index is -2.85. The van der Waals surface area contributed by atoms with Gasteiger partial charge in [0.15, 0.2) is 0 Å². The van der Waals surface area contributed by atoms with E-state index in [1.165, 1.54) is 5.56 Å². The van der Waals surface area contributed by atoms with Crippen LogP contribution in [0.15, 0.2) is 46.9 Å². The van der Waals surface area contributed by atoms with E-state index < -0.39 is 6.61 Å². The standard InChI is InChI=1S/C21H25BrF2N2O3.ClH/c1-27-18-5-2-15(3-6-18)19(26-8-10-28-11-9-26)14-25-13-16-12-17(22)4-7-20(16)29-21(23)24;/h2-7,12,19,21,25H,8-11,13-14H2,1H3;1H. The molecule has 1 aliphatic heterocycles. The molecule has 1 saturated heterocycles. The third kappa shape index (κ3) is 7.06. The molecule has 5 nitrogen and oxygen atoms in total. The number of rotatable bonds is 9. The van der Waals surface area contributed by atoms with Gasteiger partial charge in [-0.2, -0.15) is 8.78 Å². The van der Waals surface area contributed by atoms with Gasteiger partial charge in [0.25, 0.3) is 0 Å². The summed E-state index contributed by atoms with van der Waals surface area (Å²) in [6.07, 6.45) is 0. The third-order valence-corrected chi connectivity index (χ3v) is 5.37. The van der Waals surface area contributed by atoms with Crippen LogP contribution < -0.4 is 14.8 Å². The molecule has 1 atom stereocenters. The average Bonchev–Trinajstić information content (AvgIpc) is 2.73. The van der Waals surface area contributed by atoms with Crippen LogP contribution in [0, 0.1) is 0 Å². The molecule has 0 aromatic heterocycles. The van der Waals surface area contributed by atoms with Crippen molar-refractivity contribution in [1.82, 2.24) is 10.2 Å². The number of benzene rings is 2. The Morgan fingerprint density at radius 1 is 1.13 bits per heavy atom. The summed E-state index contributed by atoms with van der Waals surface area (Å²) in [5.74, 6) is 0.994. The van der Waals surface area contributed by atoms with Gasteiger partial charge in [0.2, 0.25) is 0 Å². The molecule has 1 unspecified atom stereocenters. The van der Waals surface area contributed by atoms with Crippen LogP contribution >= 0.6 is 28.3 Å². The Labute approximate surface area is 190 Å². The van der Waals surface area contributed by atoms with Crippen molar-refractivity contribution in [2.45, 2.75) is 19.2 Å². The topological polar surface area (TPSA) is 43.0 Å². The van der Waals surface area contributed by atoms with Crippen LogP contribution in [-0.2, 0) is 11.3 Å². The molecule has 0 radical (unpaired) electrons. The van der Waals surface area contributed by atoms with Crippen LogP contribution in [0.5, 0.6) is 11.5 Å². The lowest BCUT2D eigenvalue weighted by atomic mass is 10.0. The molecule has 30 heavy (non-hydrogen) atoms. The van der Waals surface area contributed by atoms with Crippen molar-refractivity contribution in [3.05, 3.63) is 58.1 Å². The molecule has 2 aromatic rings. The second kappa shape index (κ2) is 12.4. The van der Waals surface area contributed by atoms with Crippen LogP contribution in [-0.4, -0.2) is 51.5 Å². The molecule has 0 amide bonds. The highest BCUT2D eigenvalue weighted by molar-refractivity contribution is 9.10. The zero-order chi connectivity index (χ0) is 20.6. The summed E-state index contributed by atoms with van der Waals surface area (Å²) in [6, 6.07) is 13.2. The van der Waals surface area contributed by atoms with Crippen LogP contribution in [0.2, 0.25) is 0 Å². The number of nitrogens with one attached hydrogen (secondary N) is 1. The molecule has 1 fully saturated rings. The lowest BCUT2D eigenvalue weighted by Crippen LogP contribution is -2.42. The number of ether oxygens (including phenoxy) is 3. The molecule has 1 heterocycles. The lowest BCUT2D eigenvalue weighted by molar-refractivity contribution is -0.0505. The van der Waals surface area contributed by atoms with E-state index in [0.717, 1.165) is 23.3 Å². The molecule has 1 N–H and O–H groups in total. The van der Waals surface area contributed by atoms with Crippen molar-refractivity contribution in [2.75, 3.05) is 40.0 Å². The molecule has 0 aliphatic carbocycles. The van der Waals surface area contributed by atoms with Crippen LogP contribution in [0.1, 0.15) is 17.2 Å². The third-order valence-electron chi connectivity index (χ3n) is 4.88. The van der Waals surface area contributed by atoms with Crippen molar-refractivity contribution >= 4 is 28.3 Å². The molecule has 0 bridgehead atoms. The Balaban J connectivity index is 0.00000320. The Morgan fingerprint density at radius 3 is 2.47 bits per heavy atom. The van der Waals surface area contributed by atoms with E-state index in [4.69, 9.17) is 9.47 Å². The summed E-state index contributed by atoms with van der Waals surface area (Å²) >= 11 is 3.39. The predicted octanol–water partition coefficient (Wildman–Crippen LogP) is 4.64. The summed E-state index contributed by atoms with van der Waals surface area (Å²) in [4.78, 5) is 2.37. The fraction of sp³-hybridized carbons (Fsp3) is 0.429. The quantitative estimate of drug-likeness (QED) is 0.535. The maximum absolute atomic E-state index is 12.7. The number of methoxy groups -OCH3 is 1. The molecular formula is C21H26BrClF2N2O3. The molecule has 166 valence electrons. The number of alkyl halides is 2. The first kappa shape index (κ1) is 24.8. The fourth-order valence-corrected chi connectivity index (χ4v) is 3.82. The van der Waals surface area contributed by atoms with E-state index in [9.17, 15) is 8.78 Å². The summed E-state index contributed by atoms with van der Waals surface area (Å²) in [5.41, 5.74) is 1.84. The van der Waals surface area contributed by atoms with Gasteiger partial charge in [-0.05, 0) is 35.9 Å². The predicted molar refractivity (Wildman–Crippen MR) is 118 cm³/mol. The molecule has 3 rings (SSSR count). The van der Waals surface area contributed by atoms with Crippen LogP contribution in [0.3, 0.4) is 0 Å². The highest BCUT2D eigenvalue weighted by Crippen LogP contribution is 2.26. The largest absolute Gasteiger partial charge is 0.497 e. The highest BCUT2D eigenvalue weighted by atomic mass is 79.9. The fourth-order valence-electron chi connectivity index (χ4n) is 3.41. The second-order valence-electron chi connectivity index (χ2n) is 6.70. The SMILES string of the molecule is COc1ccc(C(CNCc2cc(Br)ccc2OC(F)F)N2CCOCC2)cc1.Cl.